The Labute approximate surface area is 187 Å². The zero-order chi connectivity index (χ0) is 21.9. The van der Waals surface area contributed by atoms with Crippen LogP contribution in [0.4, 0.5) is 5.82 Å². The highest BCUT2D eigenvalue weighted by atomic mass is 35.5. The molecule has 0 aliphatic heterocycles. The molecule has 31 heavy (non-hydrogen) atoms. The number of rotatable bonds is 5. The van der Waals surface area contributed by atoms with Crippen molar-refractivity contribution >= 4 is 46.1 Å². The lowest BCUT2D eigenvalue weighted by molar-refractivity contribution is -0.132. The van der Waals surface area contributed by atoms with Gasteiger partial charge in [0, 0.05) is 24.5 Å². The van der Waals surface area contributed by atoms with E-state index in [9.17, 15) is 15.0 Å². The molecule has 4 N–H and O–H groups in total. The van der Waals surface area contributed by atoms with Crippen molar-refractivity contribution in [1.82, 2.24) is 24.8 Å². The summed E-state index contributed by atoms with van der Waals surface area (Å²) in [5, 5.41) is 27.8. The smallest absolute Gasteiger partial charge is 0.229 e. The lowest BCUT2D eigenvalue weighted by atomic mass is 9.98. The van der Waals surface area contributed by atoms with Crippen LogP contribution in [0.25, 0.3) is 11.2 Å². The van der Waals surface area contributed by atoms with Gasteiger partial charge in [0.2, 0.25) is 11.2 Å². The molecule has 3 aromatic rings. The van der Waals surface area contributed by atoms with E-state index in [1.807, 2.05) is 18.2 Å². The van der Waals surface area contributed by atoms with Gasteiger partial charge in [0.1, 0.15) is 6.10 Å². The highest BCUT2D eigenvalue weighted by Gasteiger charge is 2.75. The Balaban J connectivity index is 1.49. The van der Waals surface area contributed by atoms with Gasteiger partial charge in [-0.05, 0) is 35.7 Å². The second kappa shape index (κ2) is 7.30. The first-order valence-corrected chi connectivity index (χ1v) is 10.6. The quantitative estimate of drug-likeness (QED) is 0.425. The molecular weight excluding hydrogens is 443 g/mol. The van der Waals surface area contributed by atoms with E-state index in [1.165, 1.54) is 7.05 Å². The zero-order valence-corrected chi connectivity index (χ0v) is 18.0. The molecule has 2 saturated carbocycles. The highest BCUT2D eigenvalue weighted by molar-refractivity contribution is 6.30. The van der Waals surface area contributed by atoms with Crippen molar-refractivity contribution in [3.05, 3.63) is 46.5 Å². The van der Waals surface area contributed by atoms with Gasteiger partial charge in [0.15, 0.2) is 17.0 Å². The van der Waals surface area contributed by atoms with Crippen LogP contribution in [0.15, 0.2) is 30.6 Å². The average Bonchev–Trinajstić information content (AvgIpc) is 3.29. The normalized spacial score (nSPS) is 29.1. The summed E-state index contributed by atoms with van der Waals surface area (Å²) in [6, 6.07) is 6.88. The number of nitrogens with zero attached hydrogens (tertiary/aromatic N) is 4. The Morgan fingerprint density at radius 3 is 2.87 bits per heavy atom. The third kappa shape index (κ3) is 3.07. The van der Waals surface area contributed by atoms with Crippen LogP contribution < -0.4 is 10.6 Å². The van der Waals surface area contributed by atoms with Crippen LogP contribution in [-0.2, 0) is 11.3 Å². The van der Waals surface area contributed by atoms with Crippen LogP contribution in [0.3, 0.4) is 0 Å². The van der Waals surface area contributed by atoms with E-state index in [0.717, 1.165) is 5.56 Å². The standard InChI is InChI=1S/C20H20Cl2N6O3/c1-23-18(31)20-6-11(20)13(14(29)15(20)30)28-8-25-12-16(26-19(22)27-17(12)28)24-7-9-3-2-4-10(21)5-9/h2-5,8,11,13-15,29-30H,6-7H2,1H3,(H,23,31)(H,24,26,27)/t11-,13+,14-,15-,20+/m0/s1. The lowest BCUT2D eigenvalue weighted by Gasteiger charge is -2.23. The molecule has 9 nitrogen and oxygen atoms in total. The van der Waals surface area contributed by atoms with Crippen molar-refractivity contribution in [2.24, 2.45) is 11.3 Å². The number of aromatic nitrogens is 4. The molecule has 1 amide bonds. The van der Waals surface area contributed by atoms with E-state index in [0.29, 0.717) is 35.0 Å². The number of hydrogen-bond acceptors (Lipinski definition) is 7. The molecule has 0 bridgehead atoms. The lowest BCUT2D eigenvalue weighted by Crippen LogP contribution is -2.41. The minimum atomic E-state index is -1.17. The molecule has 2 aliphatic carbocycles. The van der Waals surface area contributed by atoms with E-state index in [2.05, 4.69) is 25.6 Å². The van der Waals surface area contributed by atoms with Gasteiger partial charge in [-0.3, -0.25) is 4.79 Å². The number of imidazole rings is 1. The molecule has 0 unspecified atom stereocenters. The largest absolute Gasteiger partial charge is 0.389 e. The second-order valence-corrected chi connectivity index (χ2v) is 8.78. The molecule has 162 valence electrons. The van der Waals surface area contributed by atoms with E-state index < -0.39 is 23.7 Å². The summed E-state index contributed by atoms with van der Waals surface area (Å²) in [5.74, 6) is -0.0610. The number of fused-ring (bicyclic) bond motifs is 2. The number of halogens is 2. The number of anilines is 1. The van der Waals surface area contributed by atoms with Crippen molar-refractivity contribution in [3.63, 3.8) is 0 Å². The van der Waals surface area contributed by atoms with Crippen LogP contribution in [0.5, 0.6) is 0 Å². The Bertz CT molecular complexity index is 1190. The third-order valence-electron chi connectivity index (χ3n) is 6.39. The van der Waals surface area contributed by atoms with Gasteiger partial charge in [0.25, 0.3) is 0 Å². The van der Waals surface area contributed by atoms with Gasteiger partial charge < -0.3 is 25.4 Å². The van der Waals surface area contributed by atoms with Crippen LogP contribution in [0.2, 0.25) is 10.3 Å². The number of amides is 1. The maximum absolute atomic E-state index is 12.4. The maximum Gasteiger partial charge on any atom is 0.229 e. The van der Waals surface area contributed by atoms with Gasteiger partial charge >= 0.3 is 0 Å². The molecule has 2 fully saturated rings. The summed E-state index contributed by atoms with van der Waals surface area (Å²) < 4.78 is 1.68. The van der Waals surface area contributed by atoms with Crippen molar-refractivity contribution < 1.29 is 15.0 Å². The van der Waals surface area contributed by atoms with Gasteiger partial charge in [-0.1, -0.05) is 23.7 Å². The number of carbonyl (C=O) groups excluding carboxylic acids is 1. The van der Waals surface area contributed by atoms with Crippen LogP contribution in [0.1, 0.15) is 18.0 Å². The summed E-state index contributed by atoms with van der Waals surface area (Å²) in [6.07, 6.45) is -0.282. The maximum atomic E-state index is 12.4. The Morgan fingerprint density at radius 1 is 1.32 bits per heavy atom. The number of nitrogens with one attached hydrogen (secondary N) is 2. The van der Waals surface area contributed by atoms with Gasteiger partial charge in [0.05, 0.1) is 23.9 Å². The van der Waals surface area contributed by atoms with Crippen LogP contribution >= 0.6 is 23.2 Å². The highest BCUT2D eigenvalue weighted by Crippen LogP contribution is 2.67. The molecule has 0 radical (unpaired) electrons. The van der Waals surface area contributed by atoms with Crippen molar-refractivity contribution in [3.8, 4) is 0 Å². The first kappa shape index (κ1) is 20.4. The minimum Gasteiger partial charge on any atom is -0.389 e. The number of benzene rings is 1. The fourth-order valence-electron chi connectivity index (χ4n) is 4.85. The summed E-state index contributed by atoms with van der Waals surface area (Å²) in [6.45, 7) is 0.447. The summed E-state index contributed by atoms with van der Waals surface area (Å²) in [4.78, 5) is 25.4. The molecule has 11 heteroatoms. The number of carbonyl (C=O) groups is 1. The number of hydrogen-bond donors (Lipinski definition) is 4. The number of aliphatic hydroxyl groups excluding tert-OH is 2. The number of aliphatic hydroxyl groups is 2. The fraction of sp³-hybridized carbons (Fsp3) is 0.400. The first-order valence-electron chi connectivity index (χ1n) is 9.83. The first-order chi connectivity index (χ1) is 14.9. The molecule has 2 aromatic heterocycles. The van der Waals surface area contributed by atoms with E-state index in [1.54, 1.807) is 17.0 Å². The van der Waals surface area contributed by atoms with Crippen molar-refractivity contribution in [2.75, 3.05) is 12.4 Å². The third-order valence-corrected chi connectivity index (χ3v) is 6.79. The van der Waals surface area contributed by atoms with E-state index >= 15 is 0 Å². The van der Waals surface area contributed by atoms with E-state index in [-0.39, 0.29) is 17.1 Å². The van der Waals surface area contributed by atoms with Crippen molar-refractivity contribution in [2.45, 2.75) is 31.2 Å². The molecule has 0 saturated heterocycles. The topological polar surface area (TPSA) is 125 Å². The molecule has 2 heterocycles. The van der Waals surface area contributed by atoms with E-state index in [4.69, 9.17) is 23.2 Å². The summed E-state index contributed by atoms with van der Waals surface area (Å²) in [5.41, 5.74) is 0.869. The Hall–Kier alpha value is -2.46. The SMILES string of the molecule is CNC(=O)[C@]12C[C@H]1[C@@H](n1cnc3c(NCc4cccc(Cl)c4)nc(Cl)nc31)[C@H](O)[C@@H]2O. The monoisotopic (exact) mass is 462 g/mol. The van der Waals surface area contributed by atoms with Crippen LogP contribution in [-0.4, -0.2) is 54.9 Å². The molecule has 1 aromatic carbocycles. The Morgan fingerprint density at radius 2 is 2.13 bits per heavy atom. The summed E-state index contributed by atoms with van der Waals surface area (Å²) >= 11 is 12.2. The van der Waals surface area contributed by atoms with Crippen LogP contribution in [0, 0.1) is 11.3 Å². The predicted octanol–water partition coefficient (Wildman–Crippen LogP) is 1.77. The summed E-state index contributed by atoms with van der Waals surface area (Å²) in [7, 11) is 1.52. The molecule has 0 spiro atoms. The molecule has 5 rings (SSSR count). The predicted molar refractivity (Wildman–Crippen MR) is 115 cm³/mol. The fourth-order valence-corrected chi connectivity index (χ4v) is 5.23. The van der Waals surface area contributed by atoms with Gasteiger partial charge in [-0.2, -0.15) is 9.97 Å². The second-order valence-electron chi connectivity index (χ2n) is 8.00. The van der Waals surface area contributed by atoms with Crippen molar-refractivity contribution in [1.29, 1.82) is 0 Å². The Kier molecular flexibility index (Phi) is 4.82. The molecule has 5 atom stereocenters. The minimum absolute atomic E-state index is 0.0178. The molecule has 2 aliphatic rings. The van der Waals surface area contributed by atoms with Gasteiger partial charge in [-0.15, -0.1) is 0 Å². The average molecular weight is 463 g/mol. The zero-order valence-electron chi connectivity index (χ0n) is 16.5. The van der Waals surface area contributed by atoms with Gasteiger partial charge in [-0.25, -0.2) is 4.98 Å². The molecular formula is C20H20Cl2N6O3.